The molecule has 0 aliphatic carbocycles. The summed E-state index contributed by atoms with van der Waals surface area (Å²) in [6.45, 7) is 3.91. The normalized spacial score (nSPS) is 28.1. The standard InChI is InChI=1S/C6H11FO/c1-6(2,7)3-5-4-8-5/h5H,3-4H2,1-2H3. The number of rotatable bonds is 2. The van der Waals surface area contributed by atoms with Crippen LogP contribution in [0.1, 0.15) is 20.3 Å². The van der Waals surface area contributed by atoms with Crippen LogP contribution in [0.25, 0.3) is 0 Å². The van der Waals surface area contributed by atoms with Crippen LogP contribution in [0.15, 0.2) is 0 Å². The van der Waals surface area contributed by atoms with Crippen LogP contribution in [0, 0.1) is 0 Å². The Hall–Kier alpha value is -0.110. The summed E-state index contributed by atoms with van der Waals surface area (Å²) in [6.07, 6.45) is 0.766. The van der Waals surface area contributed by atoms with Gasteiger partial charge in [0.05, 0.1) is 12.7 Å². The summed E-state index contributed by atoms with van der Waals surface area (Å²) in [7, 11) is 0. The highest BCUT2D eigenvalue weighted by Gasteiger charge is 2.30. The monoisotopic (exact) mass is 118 g/mol. The van der Waals surface area contributed by atoms with E-state index in [-0.39, 0.29) is 6.10 Å². The molecule has 0 amide bonds. The Morgan fingerprint density at radius 2 is 2.25 bits per heavy atom. The minimum atomic E-state index is -1.04. The lowest BCUT2D eigenvalue weighted by atomic mass is 10.1. The molecule has 0 N–H and O–H groups in total. The second kappa shape index (κ2) is 1.69. The summed E-state index contributed by atoms with van der Waals surface area (Å²) in [5.74, 6) is 0. The van der Waals surface area contributed by atoms with E-state index in [9.17, 15) is 4.39 Å². The van der Waals surface area contributed by atoms with Gasteiger partial charge in [0, 0.05) is 6.42 Å². The summed E-state index contributed by atoms with van der Waals surface area (Å²) in [4.78, 5) is 0. The summed E-state index contributed by atoms with van der Waals surface area (Å²) < 4.78 is 17.4. The van der Waals surface area contributed by atoms with Gasteiger partial charge in [0.15, 0.2) is 0 Å². The molecule has 1 saturated heterocycles. The lowest BCUT2D eigenvalue weighted by molar-refractivity contribution is 0.181. The van der Waals surface area contributed by atoms with Crippen LogP contribution < -0.4 is 0 Å². The van der Waals surface area contributed by atoms with Gasteiger partial charge in [-0.1, -0.05) is 0 Å². The first-order valence-electron chi connectivity index (χ1n) is 2.88. The fraction of sp³-hybridized carbons (Fsp3) is 1.00. The molecule has 0 spiro atoms. The third kappa shape index (κ3) is 2.26. The van der Waals surface area contributed by atoms with Crippen molar-refractivity contribution in [2.45, 2.75) is 32.0 Å². The topological polar surface area (TPSA) is 12.5 Å². The Morgan fingerprint density at radius 3 is 2.38 bits per heavy atom. The molecule has 0 bridgehead atoms. The van der Waals surface area contributed by atoms with Crippen LogP contribution in [-0.2, 0) is 4.74 Å². The van der Waals surface area contributed by atoms with Crippen LogP contribution in [0.3, 0.4) is 0 Å². The van der Waals surface area contributed by atoms with E-state index in [0.29, 0.717) is 6.42 Å². The van der Waals surface area contributed by atoms with Gasteiger partial charge >= 0.3 is 0 Å². The lowest BCUT2D eigenvalue weighted by Crippen LogP contribution is -2.14. The Morgan fingerprint density at radius 1 is 1.75 bits per heavy atom. The molecular formula is C6H11FO. The highest BCUT2D eigenvalue weighted by Crippen LogP contribution is 2.24. The quantitative estimate of drug-likeness (QED) is 0.501. The van der Waals surface area contributed by atoms with Crippen LogP contribution in [0.5, 0.6) is 0 Å². The van der Waals surface area contributed by atoms with Gasteiger partial charge in [0.2, 0.25) is 0 Å². The van der Waals surface area contributed by atoms with E-state index >= 15 is 0 Å². The molecule has 1 aliphatic heterocycles. The largest absolute Gasteiger partial charge is 0.373 e. The second-order valence-corrected chi connectivity index (χ2v) is 2.88. The maximum atomic E-state index is 12.6. The summed E-state index contributed by atoms with van der Waals surface area (Å²) in [5.41, 5.74) is -1.04. The average molecular weight is 118 g/mol. The van der Waals surface area contributed by atoms with Crippen molar-refractivity contribution in [1.82, 2.24) is 0 Å². The fourth-order valence-electron chi connectivity index (χ4n) is 0.727. The minimum absolute atomic E-state index is 0.218. The molecule has 0 aromatic heterocycles. The van der Waals surface area contributed by atoms with Gasteiger partial charge in [-0.3, -0.25) is 0 Å². The third-order valence-corrected chi connectivity index (χ3v) is 1.12. The van der Waals surface area contributed by atoms with Crippen LogP contribution in [0.4, 0.5) is 4.39 Å². The molecule has 0 radical (unpaired) electrons. The summed E-state index contributed by atoms with van der Waals surface area (Å²) >= 11 is 0. The summed E-state index contributed by atoms with van der Waals surface area (Å²) in [5, 5.41) is 0. The molecule has 1 aliphatic rings. The zero-order valence-corrected chi connectivity index (χ0v) is 5.28. The van der Waals surface area contributed by atoms with Gasteiger partial charge in [0.1, 0.15) is 5.67 Å². The van der Waals surface area contributed by atoms with Crippen molar-refractivity contribution < 1.29 is 9.13 Å². The highest BCUT2D eigenvalue weighted by atomic mass is 19.1. The van der Waals surface area contributed by atoms with Crippen molar-refractivity contribution in [3.05, 3.63) is 0 Å². The van der Waals surface area contributed by atoms with E-state index in [0.717, 1.165) is 6.61 Å². The summed E-state index contributed by atoms with van der Waals surface area (Å²) in [6, 6.07) is 0. The first-order valence-corrected chi connectivity index (χ1v) is 2.88. The average Bonchev–Trinajstić information content (AvgIpc) is 2.12. The van der Waals surface area contributed by atoms with E-state index < -0.39 is 5.67 Å². The smallest absolute Gasteiger partial charge is 0.108 e. The van der Waals surface area contributed by atoms with Gasteiger partial charge in [-0.2, -0.15) is 0 Å². The third-order valence-electron chi connectivity index (χ3n) is 1.12. The molecular weight excluding hydrogens is 107 g/mol. The Kier molecular flexibility index (Phi) is 1.27. The van der Waals surface area contributed by atoms with Gasteiger partial charge in [0.25, 0.3) is 0 Å². The van der Waals surface area contributed by atoms with Gasteiger partial charge in [-0.15, -0.1) is 0 Å². The predicted molar refractivity (Wildman–Crippen MR) is 29.5 cm³/mol. The molecule has 1 atom stereocenters. The molecule has 0 aromatic rings. The number of ether oxygens (including phenoxy) is 1. The van der Waals surface area contributed by atoms with E-state index in [2.05, 4.69) is 0 Å². The molecule has 1 heterocycles. The predicted octanol–water partition coefficient (Wildman–Crippen LogP) is 1.52. The van der Waals surface area contributed by atoms with Crippen molar-refractivity contribution in [1.29, 1.82) is 0 Å². The maximum Gasteiger partial charge on any atom is 0.108 e. The van der Waals surface area contributed by atoms with Crippen molar-refractivity contribution in [2.24, 2.45) is 0 Å². The van der Waals surface area contributed by atoms with Crippen molar-refractivity contribution >= 4 is 0 Å². The van der Waals surface area contributed by atoms with Crippen LogP contribution in [0.2, 0.25) is 0 Å². The molecule has 2 heteroatoms. The molecule has 1 fully saturated rings. The molecule has 0 saturated carbocycles. The number of hydrogen-bond donors (Lipinski definition) is 0. The number of halogens is 1. The molecule has 1 nitrogen and oxygen atoms in total. The van der Waals surface area contributed by atoms with E-state index in [4.69, 9.17) is 4.74 Å². The van der Waals surface area contributed by atoms with E-state index in [1.807, 2.05) is 0 Å². The Bertz CT molecular complexity index is 81.0. The molecule has 1 unspecified atom stereocenters. The Labute approximate surface area is 48.8 Å². The first-order chi connectivity index (χ1) is 3.58. The van der Waals surface area contributed by atoms with Crippen LogP contribution >= 0.6 is 0 Å². The Balaban J connectivity index is 2.16. The minimum Gasteiger partial charge on any atom is -0.373 e. The SMILES string of the molecule is CC(C)(F)CC1CO1. The second-order valence-electron chi connectivity index (χ2n) is 2.88. The first kappa shape index (κ1) is 6.02. The van der Waals surface area contributed by atoms with E-state index in [1.54, 1.807) is 13.8 Å². The molecule has 0 aromatic carbocycles. The molecule has 48 valence electrons. The number of alkyl halides is 1. The van der Waals surface area contributed by atoms with Crippen molar-refractivity contribution in [3.8, 4) is 0 Å². The van der Waals surface area contributed by atoms with Crippen molar-refractivity contribution in [2.75, 3.05) is 6.61 Å². The van der Waals surface area contributed by atoms with Crippen LogP contribution in [-0.4, -0.2) is 18.4 Å². The number of epoxide rings is 1. The lowest BCUT2D eigenvalue weighted by Gasteiger charge is -2.10. The van der Waals surface area contributed by atoms with Crippen molar-refractivity contribution in [3.63, 3.8) is 0 Å². The maximum absolute atomic E-state index is 12.6. The van der Waals surface area contributed by atoms with Gasteiger partial charge in [-0.25, -0.2) is 4.39 Å². The zero-order chi connectivity index (χ0) is 6.20. The van der Waals surface area contributed by atoms with Gasteiger partial charge < -0.3 is 4.74 Å². The fourth-order valence-corrected chi connectivity index (χ4v) is 0.727. The van der Waals surface area contributed by atoms with Gasteiger partial charge in [-0.05, 0) is 13.8 Å². The highest BCUT2D eigenvalue weighted by molar-refractivity contribution is 4.78. The number of hydrogen-bond acceptors (Lipinski definition) is 1. The zero-order valence-electron chi connectivity index (χ0n) is 5.28. The molecule has 8 heavy (non-hydrogen) atoms. The van der Waals surface area contributed by atoms with E-state index in [1.165, 1.54) is 0 Å². The molecule has 1 rings (SSSR count).